The Hall–Kier alpha value is -1.49. The third kappa shape index (κ3) is 2.98. The molecule has 0 bridgehead atoms. The second-order valence-electron chi connectivity index (χ2n) is 5.03. The zero-order valence-electron chi connectivity index (χ0n) is 11.4. The van der Waals surface area contributed by atoms with E-state index < -0.39 is 0 Å². The average molecular weight is 333 g/mol. The minimum Gasteiger partial charge on any atom is -0.369 e. The van der Waals surface area contributed by atoms with Crippen LogP contribution in [0, 0.1) is 0 Å². The van der Waals surface area contributed by atoms with E-state index in [0.717, 1.165) is 40.3 Å². The highest BCUT2D eigenvalue weighted by Gasteiger charge is 2.29. The second-order valence-corrected chi connectivity index (χ2v) is 5.82. The van der Waals surface area contributed by atoms with Gasteiger partial charge in [0.05, 0.1) is 10.2 Å². The number of aromatic nitrogens is 3. The molecule has 0 amide bonds. The minimum absolute atomic E-state index is 0.595. The lowest BCUT2D eigenvalue weighted by atomic mass is 10.2. The molecule has 104 valence electrons. The first kappa shape index (κ1) is 13.5. The van der Waals surface area contributed by atoms with Gasteiger partial charge in [-0.3, -0.25) is 4.98 Å². The maximum Gasteiger partial charge on any atom is 0.144 e. The fourth-order valence-electron chi connectivity index (χ4n) is 2.19. The van der Waals surface area contributed by atoms with Crippen molar-refractivity contribution in [2.24, 2.45) is 0 Å². The van der Waals surface area contributed by atoms with Crippen molar-refractivity contribution in [1.82, 2.24) is 15.0 Å². The average Bonchev–Trinajstić information content (AvgIpc) is 3.28. The molecule has 4 nitrogen and oxygen atoms in total. The fourth-order valence-corrected chi connectivity index (χ4v) is 2.83. The van der Waals surface area contributed by atoms with Gasteiger partial charge in [0.2, 0.25) is 0 Å². The summed E-state index contributed by atoms with van der Waals surface area (Å²) in [4.78, 5) is 13.5. The number of anilines is 1. The monoisotopic (exact) mass is 332 g/mol. The minimum atomic E-state index is 0.595. The van der Waals surface area contributed by atoms with Crippen LogP contribution in [0.1, 0.15) is 42.8 Å². The molecule has 1 N–H and O–H groups in total. The summed E-state index contributed by atoms with van der Waals surface area (Å²) < 4.78 is 1.02. The summed E-state index contributed by atoms with van der Waals surface area (Å²) in [5.41, 5.74) is 2.29. The topological polar surface area (TPSA) is 50.7 Å². The quantitative estimate of drug-likeness (QED) is 0.909. The van der Waals surface area contributed by atoms with Crippen molar-refractivity contribution in [3.8, 4) is 0 Å². The molecule has 2 aromatic rings. The lowest BCUT2D eigenvalue weighted by Crippen LogP contribution is -2.08. The molecule has 1 aliphatic rings. The van der Waals surface area contributed by atoms with Crippen LogP contribution in [-0.4, -0.2) is 21.5 Å². The van der Waals surface area contributed by atoms with E-state index in [-0.39, 0.29) is 0 Å². The zero-order chi connectivity index (χ0) is 13.9. The van der Waals surface area contributed by atoms with E-state index in [1.54, 1.807) is 6.20 Å². The normalized spacial score (nSPS) is 14.3. The van der Waals surface area contributed by atoms with Gasteiger partial charge in [0.25, 0.3) is 0 Å². The van der Waals surface area contributed by atoms with Gasteiger partial charge in [0, 0.05) is 31.3 Å². The Morgan fingerprint density at radius 3 is 2.85 bits per heavy atom. The number of hydrogen-bond acceptors (Lipinski definition) is 4. The number of rotatable bonds is 5. The van der Waals surface area contributed by atoms with Crippen LogP contribution in [0.15, 0.2) is 29.0 Å². The van der Waals surface area contributed by atoms with Crippen LogP contribution in [0.5, 0.6) is 0 Å². The van der Waals surface area contributed by atoms with Crippen LogP contribution in [0.25, 0.3) is 0 Å². The summed E-state index contributed by atoms with van der Waals surface area (Å²) in [6.07, 6.45) is 6.83. The van der Waals surface area contributed by atoms with E-state index in [4.69, 9.17) is 4.98 Å². The molecule has 1 fully saturated rings. The van der Waals surface area contributed by atoms with Crippen LogP contribution >= 0.6 is 15.9 Å². The largest absolute Gasteiger partial charge is 0.369 e. The number of hydrogen-bond donors (Lipinski definition) is 1. The summed E-state index contributed by atoms with van der Waals surface area (Å²) in [5, 5.41) is 3.31. The molecule has 0 atom stereocenters. The van der Waals surface area contributed by atoms with E-state index in [1.807, 2.05) is 12.3 Å². The fraction of sp³-hybridized carbons (Fsp3) is 0.400. The zero-order valence-corrected chi connectivity index (χ0v) is 13.0. The first-order valence-electron chi connectivity index (χ1n) is 6.97. The molecule has 1 saturated carbocycles. The predicted molar refractivity (Wildman–Crippen MR) is 82.9 cm³/mol. The SMILES string of the molecule is CCNc1nc(Cc2cccnc2)nc(C2CC2)c1Br. The van der Waals surface area contributed by atoms with E-state index in [0.29, 0.717) is 5.92 Å². The Morgan fingerprint density at radius 1 is 1.35 bits per heavy atom. The van der Waals surface area contributed by atoms with E-state index in [9.17, 15) is 0 Å². The molecule has 0 radical (unpaired) electrons. The third-order valence-corrected chi connectivity index (χ3v) is 4.10. The van der Waals surface area contributed by atoms with E-state index in [2.05, 4.69) is 44.2 Å². The predicted octanol–water partition coefficient (Wildman–Crippen LogP) is 3.53. The molecule has 5 heteroatoms. The van der Waals surface area contributed by atoms with Gasteiger partial charge < -0.3 is 5.32 Å². The number of nitrogens with one attached hydrogen (secondary N) is 1. The number of pyridine rings is 1. The van der Waals surface area contributed by atoms with Gasteiger partial charge in [-0.2, -0.15) is 0 Å². The first-order chi connectivity index (χ1) is 9.78. The van der Waals surface area contributed by atoms with Crippen molar-refractivity contribution in [2.75, 3.05) is 11.9 Å². The lowest BCUT2D eigenvalue weighted by molar-refractivity contribution is 0.885. The molecule has 1 aliphatic carbocycles. The molecule has 0 saturated heterocycles. The van der Waals surface area contributed by atoms with Gasteiger partial charge in [-0.15, -0.1) is 0 Å². The molecule has 0 aliphatic heterocycles. The number of nitrogens with zero attached hydrogens (tertiary/aromatic N) is 3. The summed E-state index contributed by atoms with van der Waals surface area (Å²) in [5.74, 6) is 2.36. The van der Waals surface area contributed by atoms with Gasteiger partial charge in [-0.1, -0.05) is 6.07 Å². The standard InChI is InChI=1S/C15H17BrN4/c1-2-18-15-13(16)14(11-5-6-11)19-12(20-15)8-10-4-3-7-17-9-10/h3-4,7,9,11H,2,5-6,8H2,1H3,(H,18,19,20). The highest BCUT2D eigenvalue weighted by molar-refractivity contribution is 9.10. The Kier molecular flexibility index (Phi) is 3.96. The highest BCUT2D eigenvalue weighted by Crippen LogP contribution is 2.43. The molecule has 2 heterocycles. The van der Waals surface area contributed by atoms with Crippen molar-refractivity contribution < 1.29 is 0 Å². The van der Waals surface area contributed by atoms with Gasteiger partial charge in [-0.25, -0.2) is 9.97 Å². The molecule has 0 aromatic carbocycles. The van der Waals surface area contributed by atoms with Crippen LogP contribution < -0.4 is 5.32 Å². The smallest absolute Gasteiger partial charge is 0.144 e. The summed E-state index contributed by atoms with van der Waals surface area (Å²) in [7, 11) is 0. The van der Waals surface area contributed by atoms with Gasteiger partial charge >= 0.3 is 0 Å². The van der Waals surface area contributed by atoms with Crippen molar-refractivity contribution >= 4 is 21.7 Å². The van der Waals surface area contributed by atoms with Gasteiger partial charge in [0.1, 0.15) is 11.6 Å². The first-order valence-corrected chi connectivity index (χ1v) is 7.76. The highest BCUT2D eigenvalue weighted by atomic mass is 79.9. The molecular formula is C15H17BrN4. The summed E-state index contributed by atoms with van der Waals surface area (Å²) in [6, 6.07) is 4.00. The molecule has 3 rings (SSSR count). The summed E-state index contributed by atoms with van der Waals surface area (Å²) in [6.45, 7) is 2.93. The lowest BCUT2D eigenvalue weighted by Gasteiger charge is -2.11. The van der Waals surface area contributed by atoms with Crippen molar-refractivity contribution in [3.63, 3.8) is 0 Å². The number of halogens is 1. The molecule has 20 heavy (non-hydrogen) atoms. The van der Waals surface area contributed by atoms with Gasteiger partial charge in [0.15, 0.2) is 0 Å². The Labute approximate surface area is 127 Å². The second kappa shape index (κ2) is 5.87. The van der Waals surface area contributed by atoms with Crippen LogP contribution in [-0.2, 0) is 6.42 Å². The van der Waals surface area contributed by atoms with Crippen molar-refractivity contribution in [1.29, 1.82) is 0 Å². The molecule has 0 unspecified atom stereocenters. The summed E-state index contributed by atoms with van der Waals surface area (Å²) >= 11 is 3.64. The maximum atomic E-state index is 4.75. The van der Waals surface area contributed by atoms with Crippen LogP contribution in [0.2, 0.25) is 0 Å². The Bertz CT molecular complexity index is 596. The van der Waals surface area contributed by atoms with Crippen molar-refractivity contribution in [3.05, 3.63) is 46.1 Å². The van der Waals surface area contributed by atoms with Crippen LogP contribution in [0.4, 0.5) is 5.82 Å². The Balaban J connectivity index is 1.93. The molecule has 0 spiro atoms. The van der Waals surface area contributed by atoms with Crippen molar-refractivity contribution in [2.45, 2.75) is 32.1 Å². The van der Waals surface area contributed by atoms with Crippen LogP contribution in [0.3, 0.4) is 0 Å². The maximum absolute atomic E-state index is 4.75. The van der Waals surface area contributed by atoms with E-state index in [1.165, 1.54) is 12.8 Å². The molecule has 2 aromatic heterocycles. The van der Waals surface area contributed by atoms with Gasteiger partial charge in [-0.05, 0) is 47.3 Å². The molecular weight excluding hydrogens is 316 g/mol. The third-order valence-electron chi connectivity index (χ3n) is 3.32. The van der Waals surface area contributed by atoms with E-state index >= 15 is 0 Å². The Morgan fingerprint density at radius 2 is 2.20 bits per heavy atom.